The smallest absolute Gasteiger partial charge is 0.125 e. The maximum absolute atomic E-state index is 10.4. The van der Waals surface area contributed by atoms with E-state index in [0.717, 1.165) is 25.5 Å². The van der Waals surface area contributed by atoms with Gasteiger partial charge in [-0.15, -0.1) is 0 Å². The van der Waals surface area contributed by atoms with Crippen LogP contribution in [0.4, 0.5) is 0 Å². The molecule has 0 spiro atoms. The lowest BCUT2D eigenvalue weighted by Crippen LogP contribution is -2.13. The molecule has 1 unspecified atom stereocenters. The van der Waals surface area contributed by atoms with Crippen LogP contribution in [0.5, 0.6) is 0 Å². The number of aliphatic hydroxyl groups is 1. The van der Waals surface area contributed by atoms with Crippen molar-refractivity contribution in [3.05, 3.63) is 0 Å². The highest BCUT2D eigenvalue weighted by atomic mass is 16.3. The number of hydrogen-bond acceptors (Lipinski definition) is 2. The summed E-state index contributed by atoms with van der Waals surface area (Å²) in [4.78, 5) is 10.4. The van der Waals surface area contributed by atoms with Gasteiger partial charge >= 0.3 is 0 Å². The SMILES string of the molecule is CC(O)CCCC(C)(C)C=O. The summed E-state index contributed by atoms with van der Waals surface area (Å²) in [6, 6.07) is 0. The fraction of sp³-hybridized carbons (Fsp3) is 0.889. The minimum Gasteiger partial charge on any atom is -0.393 e. The Morgan fingerprint density at radius 1 is 1.55 bits per heavy atom. The number of hydrogen-bond donors (Lipinski definition) is 1. The molecular weight excluding hydrogens is 140 g/mol. The summed E-state index contributed by atoms with van der Waals surface area (Å²) < 4.78 is 0. The van der Waals surface area contributed by atoms with Gasteiger partial charge in [0.25, 0.3) is 0 Å². The van der Waals surface area contributed by atoms with Crippen LogP contribution in [0.25, 0.3) is 0 Å². The number of carbonyl (C=O) groups excluding carboxylic acids is 1. The van der Waals surface area contributed by atoms with Gasteiger partial charge in [0.05, 0.1) is 6.10 Å². The van der Waals surface area contributed by atoms with Crippen LogP contribution in [0.3, 0.4) is 0 Å². The summed E-state index contributed by atoms with van der Waals surface area (Å²) in [6.45, 7) is 5.61. The van der Waals surface area contributed by atoms with Crippen LogP contribution in [0, 0.1) is 5.41 Å². The second kappa shape index (κ2) is 4.50. The highest BCUT2D eigenvalue weighted by Crippen LogP contribution is 2.20. The molecule has 0 saturated carbocycles. The van der Waals surface area contributed by atoms with Gasteiger partial charge in [0, 0.05) is 5.41 Å². The predicted molar refractivity (Wildman–Crippen MR) is 45.4 cm³/mol. The van der Waals surface area contributed by atoms with Crippen LogP contribution in [-0.2, 0) is 4.79 Å². The third-order valence-electron chi connectivity index (χ3n) is 1.76. The first-order valence-corrected chi connectivity index (χ1v) is 4.12. The second-order valence-corrected chi connectivity index (χ2v) is 3.85. The fourth-order valence-corrected chi connectivity index (χ4v) is 0.912. The van der Waals surface area contributed by atoms with E-state index < -0.39 is 0 Å². The van der Waals surface area contributed by atoms with Gasteiger partial charge in [0.1, 0.15) is 6.29 Å². The van der Waals surface area contributed by atoms with Crippen molar-refractivity contribution >= 4 is 6.29 Å². The van der Waals surface area contributed by atoms with Crippen molar-refractivity contribution in [3.63, 3.8) is 0 Å². The van der Waals surface area contributed by atoms with Crippen LogP contribution >= 0.6 is 0 Å². The summed E-state index contributed by atoms with van der Waals surface area (Å²) >= 11 is 0. The van der Waals surface area contributed by atoms with E-state index in [-0.39, 0.29) is 11.5 Å². The van der Waals surface area contributed by atoms with Crippen molar-refractivity contribution in [2.75, 3.05) is 0 Å². The van der Waals surface area contributed by atoms with E-state index in [0.29, 0.717) is 0 Å². The number of aldehydes is 1. The van der Waals surface area contributed by atoms with Gasteiger partial charge in [-0.05, 0) is 26.2 Å². The molecule has 1 N–H and O–H groups in total. The minimum atomic E-state index is -0.238. The summed E-state index contributed by atoms with van der Waals surface area (Å²) in [6.07, 6.45) is 3.31. The van der Waals surface area contributed by atoms with E-state index in [1.54, 1.807) is 6.92 Å². The molecule has 0 amide bonds. The Balaban J connectivity index is 3.45. The van der Waals surface area contributed by atoms with Gasteiger partial charge in [-0.1, -0.05) is 13.8 Å². The second-order valence-electron chi connectivity index (χ2n) is 3.85. The molecule has 0 aromatic heterocycles. The molecule has 0 heterocycles. The average molecular weight is 158 g/mol. The zero-order valence-electron chi connectivity index (χ0n) is 7.63. The summed E-state index contributed by atoms with van der Waals surface area (Å²) in [5.41, 5.74) is -0.213. The molecule has 0 aliphatic carbocycles. The molecule has 0 rings (SSSR count). The van der Waals surface area contributed by atoms with E-state index in [4.69, 9.17) is 5.11 Å². The average Bonchev–Trinajstić information content (AvgIpc) is 1.87. The first kappa shape index (κ1) is 10.6. The first-order valence-electron chi connectivity index (χ1n) is 4.12. The first-order chi connectivity index (χ1) is 4.98. The Bertz CT molecular complexity index is 117. The molecule has 66 valence electrons. The minimum absolute atomic E-state index is 0.213. The molecule has 0 aromatic carbocycles. The van der Waals surface area contributed by atoms with Crippen molar-refractivity contribution in [1.29, 1.82) is 0 Å². The molecule has 0 radical (unpaired) electrons. The van der Waals surface area contributed by atoms with E-state index in [1.165, 1.54) is 0 Å². The molecule has 2 heteroatoms. The van der Waals surface area contributed by atoms with E-state index in [2.05, 4.69) is 0 Å². The highest BCUT2D eigenvalue weighted by molar-refractivity contribution is 5.57. The Labute approximate surface area is 68.6 Å². The van der Waals surface area contributed by atoms with Crippen LogP contribution in [0.2, 0.25) is 0 Å². The summed E-state index contributed by atoms with van der Waals surface area (Å²) in [5.74, 6) is 0. The van der Waals surface area contributed by atoms with Crippen molar-refractivity contribution in [1.82, 2.24) is 0 Å². The van der Waals surface area contributed by atoms with Crippen LogP contribution in [0.15, 0.2) is 0 Å². The number of carbonyl (C=O) groups is 1. The molecule has 0 bridgehead atoms. The number of rotatable bonds is 5. The van der Waals surface area contributed by atoms with E-state index in [9.17, 15) is 4.79 Å². The highest BCUT2D eigenvalue weighted by Gasteiger charge is 2.15. The maximum Gasteiger partial charge on any atom is 0.125 e. The van der Waals surface area contributed by atoms with E-state index in [1.807, 2.05) is 13.8 Å². The Morgan fingerprint density at radius 2 is 2.09 bits per heavy atom. The summed E-state index contributed by atoms with van der Waals surface area (Å²) in [7, 11) is 0. The molecular formula is C9H18O2. The molecule has 0 aliphatic rings. The Hall–Kier alpha value is -0.370. The lowest BCUT2D eigenvalue weighted by molar-refractivity contribution is -0.115. The predicted octanol–water partition coefficient (Wildman–Crippen LogP) is 1.76. The fourth-order valence-electron chi connectivity index (χ4n) is 0.912. The standard InChI is InChI=1S/C9H18O2/c1-8(11)5-4-6-9(2,3)7-10/h7-8,11H,4-6H2,1-3H3. The van der Waals surface area contributed by atoms with E-state index >= 15 is 0 Å². The molecule has 0 aromatic rings. The van der Waals surface area contributed by atoms with Crippen LogP contribution in [-0.4, -0.2) is 17.5 Å². The van der Waals surface area contributed by atoms with Crippen LogP contribution < -0.4 is 0 Å². The molecule has 1 atom stereocenters. The van der Waals surface area contributed by atoms with Gasteiger partial charge in [-0.25, -0.2) is 0 Å². The zero-order chi connectivity index (χ0) is 8.91. The summed E-state index contributed by atoms with van der Waals surface area (Å²) in [5, 5.41) is 8.93. The maximum atomic E-state index is 10.4. The van der Waals surface area contributed by atoms with Gasteiger partial charge in [-0.2, -0.15) is 0 Å². The number of aliphatic hydroxyl groups excluding tert-OH is 1. The van der Waals surface area contributed by atoms with Crippen molar-refractivity contribution in [2.24, 2.45) is 5.41 Å². The Kier molecular flexibility index (Phi) is 4.34. The molecule has 0 aliphatic heterocycles. The molecule has 11 heavy (non-hydrogen) atoms. The topological polar surface area (TPSA) is 37.3 Å². The van der Waals surface area contributed by atoms with Crippen molar-refractivity contribution in [2.45, 2.75) is 46.1 Å². The molecule has 0 saturated heterocycles. The third kappa shape index (κ3) is 6.05. The van der Waals surface area contributed by atoms with Gasteiger partial charge < -0.3 is 9.90 Å². The molecule has 0 fully saturated rings. The zero-order valence-corrected chi connectivity index (χ0v) is 7.63. The molecule has 2 nitrogen and oxygen atoms in total. The third-order valence-corrected chi connectivity index (χ3v) is 1.76. The lowest BCUT2D eigenvalue weighted by Gasteiger charge is -2.16. The normalized spacial score (nSPS) is 14.5. The van der Waals surface area contributed by atoms with Gasteiger partial charge in [-0.3, -0.25) is 0 Å². The van der Waals surface area contributed by atoms with Crippen molar-refractivity contribution < 1.29 is 9.90 Å². The van der Waals surface area contributed by atoms with Crippen LogP contribution in [0.1, 0.15) is 40.0 Å². The quantitative estimate of drug-likeness (QED) is 0.619. The largest absolute Gasteiger partial charge is 0.393 e. The van der Waals surface area contributed by atoms with Gasteiger partial charge in [0.2, 0.25) is 0 Å². The monoisotopic (exact) mass is 158 g/mol. The van der Waals surface area contributed by atoms with Crippen molar-refractivity contribution in [3.8, 4) is 0 Å². The Morgan fingerprint density at radius 3 is 2.45 bits per heavy atom. The van der Waals surface area contributed by atoms with Gasteiger partial charge in [0.15, 0.2) is 0 Å². The lowest BCUT2D eigenvalue weighted by atomic mass is 9.89.